The van der Waals surface area contributed by atoms with Crippen LogP contribution >= 0.6 is 11.5 Å². The van der Waals surface area contributed by atoms with E-state index in [1.165, 1.54) is 37.9 Å². The van der Waals surface area contributed by atoms with Gasteiger partial charge in [0.1, 0.15) is 6.33 Å². The van der Waals surface area contributed by atoms with Crippen LogP contribution in [0, 0.1) is 0 Å². The van der Waals surface area contributed by atoms with E-state index in [0.29, 0.717) is 6.79 Å². The van der Waals surface area contributed by atoms with Gasteiger partial charge in [-0.15, -0.1) is 0 Å². The molecule has 0 saturated carbocycles. The van der Waals surface area contributed by atoms with Crippen molar-refractivity contribution in [3.8, 4) is 11.5 Å². The number of nitrogens with zero attached hydrogens (tertiary/aromatic N) is 6. The van der Waals surface area contributed by atoms with Crippen molar-refractivity contribution < 1.29 is 9.47 Å². The Balaban J connectivity index is 0.000000826. The Kier molecular flexibility index (Phi) is 24.0. The van der Waals surface area contributed by atoms with Gasteiger partial charge in [-0.3, -0.25) is 4.98 Å². The summed E-state index contributed by atoms with van der Waals surface area (Å²) in [5.41, 5.74) is 9.63. The highest BCUT2D eigenvalue weighted by Gasteiger charge is 2.20. The Hall–Kier alpha value is -5.80. The van der Waals surface area contributed by atoms with Gasteiger partial charge < -0.3 is 9.47 Å². The summed E-state index contributed by atoms with van der Waals surface area (Å²) in [6, 6.07) is 31.5. The summed E-state index contributed by atoms with van der Waals surface area (Å²) in [6.07, 6.45) is 10.8. The van der Waals surface area contributed by atoms with Crippen LogP contribution in [0.3, 0.4) is 0 Å². The van der Waals surface area contributed by atoms with Crippen LogP contribution in [-0.2, 0) is 27.1 Å². The highest BCUT2D eigenvalue weighted by Crippen LogP contribution is 2.36. The van der Waals surface area contributed by atoms with Gasteiger partial charge in [0.05, 0.1) is 21.9 Å². The molecule has 0 amide bonds. The molecule has 0 radical (unpaired) electrons. The maximum atomic E-state index is 5.31. The lowest BCUT2D eigenvalue weighted by Gasteiger charge is -2.19. The molecule has 1 aliphatic heterocycles. The van der Waals surface area contributed by atoms with Crippen LogP contribution in [0.4, 0.5) is 0 Å². The van der Waals surface area contributed by atoms with Gasteiger partial charge in [0, 0.05) is 40.9 Å². The standard InChI is InChI=1S/2C12H14N2.C11H13NS.C11H14O2.C9H13N.5CH4/c1-12(2,3)10-5-4-9-7-13-8-14-11(9)6-10;1-12(2,3)10-4-5-11-9(8-10)6-7-13-14-11;1-11(2,3)9-4-5-10-8(6-9)7-12-13-10;1-11(2,3)8-4-5-9-10(6-8)13-7-12-9;1-9(2,3)8-4-6-10-7-5-8;;;;;/h2*4-8H,1-3H3;4-7H,1-3H3;4-6H,7H2,1-3H3;4-7H,1-3H3;5*1H4. The van der Waals surface area contributed by atoms with E-state index in [9.17, 15) is 0 Å². The number of benzene rings is 4. The first kappa shape index (κ1) is 63.2. The molecule has 5 heterocycles. The first-order chi connectivity index (χ1) is 29.9. The molecule has 0 saturated heterocycles. The van der Waals surface area contributed by atoms with E-state index >= 15 is 0 Å². The van der Waals surface area contributed by atoms with E-state index in [2.05, 4.69) is 206 Å². The molecule has 0 atom stereocenters. The molecule has 4 aromatic heterocycles. The second-order valence-corrected chi connectivity index (χ2v) is 22.1. The minimum atomic E-state index is 0. The summed E-state index contributed by atoms with van der Waals surface area (Å²) in [5.74, 6) is 1.72. The molecule has 8 aromatic rings. The van der Waals surface area contributed by atoms with Crippen molar-refractivity contribution in [2.24, 2.45) is 0 Å². The van der Waals surface area contributed by atoms with Crippen LogP contribution in [0.5, 0.6) is 11.5 Å². The number of aromatic nitrogens is 6. The quantitative estimate of drug-likeness (QED) is 0.148. The third kappa shape index (κ3) is 18.6. The van der Waals surface area contributed by atoms with E-state index < -0.39 is 0 Å². The van der Waals surface area contributed by atoms with Crippen molar-refractivity contribution in [1.29, 1.82) is 0 Å². The molecule has 9 heteroatoms. The second-order valence-electron chi connectivity index (χ2n) is 21.2. The molecule has 0 spiro atoms. The number of hydrogen-bond donors (Lipinski definition) is 0. The average Bonchev–Trinajstić information content (AvgIpc) is 3.93. The van der Waals surface area contributed by atoms with Gasteiger partial charge in [0.2, 0.25) is 6.79 Å². The van der Waals surface area contributed by atoms with Gasteiger partial charge in [-0.05, 0) is 127 Å². The van der Waals surface area contributed by atoms with Crippen LogP contribution in [0.1, 0.15) is 169 Å². The molecule has 0 bridgehead atoms. The molecule has 376 valence electrons. The Morgan fingerprint density at radius 2 is 0.928 bits per heavy atom. The topological polar surface area (TPSA) is 95.8 Å². The lowest BCUT2D eigenvalue weighted by Crippen LogP contribution is -2.10. The fourth-order valence-corrected chi connectivity index (χ4v) is 7.07. The zero-order chi connectivity index (χ0) is 46.9. The molecule has 8 nitrogen and oxygen atoms in total. The monoisotopic (exact) mass is 957 g/mol. The number of ether oxygens (including phenoxy) is 2. The summed E-state index contributed by atoms with van der Waals surface area (Å²) in [4.78, 5) is 12.2. The van der Waals surface area contributed by atoms with Crippen LogP contribution in [0.25, 0.3) is 31.9 Å². The molecular formula is C60H88N6O2S. The Bertz CT molecular complexity index is 2640. The third-order valence-corrected chi connectivity index (χ3v) is 11.5. The van der Waals surface area contributed by atoms with Crippen molar-refractivity contribution in [3.63, 3.8) is 0 Å². The van der Waals surface area contributed by atoms with Gasteiger partial charge in [-0.1, -0.05) is 171 Å². The second kappa shape index (κ2) is 26.3. The number of rotatable bonds is 0. The zero-order valence-electron chi connectivity index (χ0n) is 40.7. The SMILES string of the molecule is C.C.C.C.C.CC(C)(C)c1ccc2c(c1)OCO2.CC(C)(C)c1ccc2cncnc2c1.CC(C)(C)c1ccc2nnccc2c1.CC(C)(C)c1ccc2sncc2c1.CC(C)(C)c1ccncc1. The van der Waals surface area contributed by atoms with Crippen molar-refractivity contribution >= 4 is 43.4 Å². The van der Waals surface area contributed by atoms with Crippen molar-refractivity contribution in [2.75, 3.05) is 6.79 Å². The highest BCUT2D eigenvalue weighted by atomic mass is 32.1. The van der Waals surface area contributed by atoms with Gasteiger partial charge in [-0.25, -0.2) is 9.97 Å². The fraction of sp³-hybridized carbons (Fsp3) is 0.433. The molecule has 4 aromatic carbocycles. The summed E-state index contributed by atoms with van der Waals surface area (Å²) >= 11 is 1.56. The maximum Gasteiger partial charge on any atom is 0.231 e. The fourth-order valence-electron chi connectivity index (χ4n) is 6.45. The van der Waals surface area contributed by atoms with Crippen LogP contribution in [0.2, 0.25) is 0 Å². The molecule has 0 N–H and O–H groups in total. The Morgan fingerprint density at radius 3 is 1.51 bits per heavy atom. The molecule has 0 fully saturated rings. The van der Waals surface area contributed by atoms with Gasteiger partial charge in [0.15, 0.2) is 11.5 Å². The van der Waals surface area contributed by atoms with E-state index in [1.807, 2.05) is 43.0 Å². The van der Waals surface area contributed by atoms with E-state index in [4.69, 9.17) is 9.47 Å². The van der Waals surface area contributed by atoms with E-state index in [1.54, 1.807) is 24.1 Å². The van der Waals surface area contributed by atoms with Gasteiger partial charge >= 0.3 is 0 Å². The highest BCUT2D eigenvalue weighted by molar-refractivity contribution is 7.13. The van der Waals surface area contributed by atoms with Crippen LogP contribution < -0.4 is 9.47 Å². The van der Waals surface area contributed by atoms with Crippen LogP contribution in [-0.4, -0.2) is 36.3 Å². The van der Waals surface area contributed by atoms with Crippen molar-refractivity contribution in [2.45, 2.75) is 168 Å². The smallest absolute Gasteiger partial charge is 0.231 e. The molecular weight excluding hydrogens is 869 g/mol. The number of fused-ring (bicyclic) bond motifs is 4. The predicted octanol–water partition coefficient (Wildman–Crippen LogP) is 17.7. The summed E-state index contributed by atoms with van der Waals surface area (Å²) in [5, 5.41) is 11.4. The molecule has 69 heavy (non-hydrogen) atoms. The molecule has 1 aliphatic rings. The van der Waals surface area contributed by atoms with Gasteiger partial charge in [-0.2, -0.15) is 14.6 Å². The third-order valence-electron chi connectivity index (χ3n) is 10.8. The summed E-state index contributed by atoms with van der Waals surface area (Å²) in [7, 11) is 0. The summed E-state index contributed by atoms with van der Waals surface area (Å²) in [6.45, 7) is 33.4. The van der Waals surface area contributed by atoms with Crippen molar-refractivity contribution in [3.05, 3.63) is 156 Å². The predicted molar refractivity (Wildman–Crippen MR) is 303 cm³/mol. The molecule has 0 unspecified atom stereocenters. The number of hydrogen-bond acceptors (Lipinski definition) is 9. The first-order valence-electron chi connectivity index (χ1n) is 22.0. The molecule has 9 rings (SSSR count). The number of pyridine rings is 1. The average molecular weight is 957 g/mol. The summed E-state index contributed by atoms with van der Waals surface area (Å²) < 4.78 is 16.0. The maximum absolute atomic E-state index is 5.31. The zero-order valence-corrected chi connectivity index (χ0v) is 41.6. The Labute approximate surface area is 423 Å². The van der Waals surface area contributed by atoms with E-state index in [0.717, 1.165) is 33.3 Å². The van der Waals surface area contributed by atoms with Crippen LogP contribution in [0.15, 0.2) is 128 Å². The van der Waals surface area contributed by atoms with E-state index in [-0.39, 0.29) is 64.2 Å². The minimum Gasteiger partial charge on any atom is -0.454 e. The first-order valence-corrected chi connectivity index (χ1v) is 22.7. The minimum absolute atomic E-state index is 0. The lowest BCUT2D eigenvalue weighted by molar-refractivity contribution is 0.174. The Morgan fingerprint density at radius 1 is 0.420 bits per heavy atom. The largest absolute Gasteiger partial charge is 0.454 e. The molecule has 0 aliphatic carbocycles. The lowest BCUT2D eigenvalue weighted by atomic mass is 9.86. The normalized spacial score (nSPS) is 11.6. The van der Waals surface area contributed by atoms with Crippen molar-refractivity contribution in [1.82, 2.24) is 29.5 Å². The van der Waals surface area contributed by atoms with Gasteiger partial charge in [0.25, 0.3) is 0 Å².